The highest BCUT2D eigenvalue weighted by Crippen LogP contribution is 2.30. The van der Waals surface area contributed by atoms with Gasteiger partial charge in [0.1, 0.15) is 0 Å². The molecule has 5 nitrogen and oxygen atoms in total. The normalized spacial score (nSPS) is 12.9. The molecular formula is C21H23NO4S. The van der Waals surface area contributed by atoms with Crippen LogP contribution in [-0.2, 0) is 22.4 Å². The van der Waals surface area contributed by atoms with Gasteiger partial charge >= 0.3 is 5.97 Å². The van der Waals surface area contributed by atoms with Gasteiger partial charge in [0.2, 0.25) is 5.91 Å². The molecule has 6 heteroatoms. The fraction of sp³-hybridized carbons (Fsp3) is 0.381. The van der Waals surface area contributed by atoms with Gasteiger partial charge in [-0.25, -0.2) is 4.79 Å². The van der Waals surface area contributed by atoms with Crippen LogP contribution in [0, 0.1) is 0 Å². The first-order chi connectivity index (χ1) is 13.1. The molecule has 1 N–H and O–H groups in total. The SMILES string of the molecule is CCCC(=O)Nc1ccc(C(=O)COC(=O)c2csc3c2CCCC3)cc1. The van der Waals surface area contributed by atoms with Crippen LogP contribution in [0.25, 0.3) is 0 Å². The van der Waals surface area contributed by atoms with Gasteiger partial charge in [-0.15, -0.1) is 11.3 Å². The summed E-state index contributed by atoms with van der Waals surface area (Å²) in [6.07, 6.45) is 5.42. The van der Waals surface area contributed by atoms with Gasteiger partial charge in [0, 0.05) is 27.9 Å². The molecule has 0 atom stereocenters. The van der Waals surface area contributed by atoms with Crippen molar-refractivity contribution >= 4 is 34.7 Å². The van der Waals surface area contributed by atoms with Crippen LogP contribution in [-0.4, -0.2) is 24.3 Å². The van der Waals surface area contributed by atoms with Crippen molar-refractivity contribution in [1.29, 1.82) is 0 Å². The van der Waals surface area contributed by atoms with Crippen molar-refractivity contribution in [3.05, 3.63) is 51.2 Å². The molecule has 0 fully saturated rings. The van der Waals surface area contributed by atoms with E-state index in [9.17, 15) is 14.4 Å². The summed E-state index contributed by atoms with van der Waals surface area (Å²) in [5, 5.41) is 4.62. The summed E-state index contributed by atoms with van der Waals surface area (Å²) in [4.78, 5) is 37.5. The molecule has 0 unspecified atom stereocenters. The van der Waals surface area contributed by atoms with Crippen molar-refractivity contribution < 1.29 is 19.1 Å². The van der Waals surface area contributed by atoms with Crippen LogP contribution in [0.3, 0.4) is 0 Å². The summed E-state index contributed by atoms with van der Waals surface area (Å²) in [6.45, 7) is 1.65. The lowest BCUT2D eigenvalue weighted by molar-refractivity contribution is -0.116. The van der Waals surface area contributed by atoms with Crippen molar-refractivity contribution in [1.82, 2.24) is 0 Å². The maximum atomic E-state index is 12.3. The number of ether oxygens (including phenoxy) is 1. The van der Waals surface area contributed by atoms with E-state index in [1.807, 2.05) is 12.3 Å². The quantitative estimate of drug-likeness (QED) is 0.566. The van der Waals surface area contributed by atoms with Gasteiger partial charge in [-0.1, -0.05) is 6.92 Å². The van der Waals surface area contributed by atoms with Crippen LogP contribution >= 0.6 is 11.3 Å². The zero-order valence-corrected chi connectivity index (χ0v) is 16.2. The molecule has 0 bridgehead atoms. The van der Waals surface area contributed by atoms with Crippen molar-refractivity contribution in [3.8, 4) is 0 Å². The highest BCUT2D eigenvalue weighted by Gasteiger charge is 2.21. The van der Waals surface area contributed by atoms with E-state index in [1.165, 1.54) is 4.88 Å². The molecule has 0 radical (unpaired) electrons. The molecule has 0 saturated carbocycles. The van der Waals surface area contributed by atoms with Crippen LogP contribution in [0.1, 0.15) is 63.8 Å². The minimum absolute atomic E-state index is 0.0513. The number of ketones is 1. The second kappa shape index (κ2) is 8.95. The molecule has 1 amide bonds. The molecule has 1 aliphatic rings. The second-order valence-corrected chi connectivity index (χ2v) is 7.60. The Kier molecular flexibility index (Phi) is 6.40. The van der Waals surface area contributed by atoms with E-state index in [1.54, 1.807) is 35.6 Å². The molecule has 2 aromatic rings. The number of anilines is 1. The van der Waals surface area contributed by atoms with Gasteiger partial charge in [0.25, 0.3) is 0 Å². The first-order valence-corrected chi connectivity index (χ1v) is 10.2. The molecule has 3 rings (SSSR count). The van der Waals surface area contributed by atoms with Crippen molar-refractivity contribution in [2.24, 2.45) is 0 Å². The van der Waals surface area contributed by atoms with Crippen molar-refractivity contribution in [2.75, 3.05) is 11.9 Å². The van der Waals surface area contributed by atoms with Crippen molar-refractivity contribution in [3.63, 3.8) is 0 Å². The number of carbonyl (C=O) groups excluding carboxylic acids is 3. The Morgan fingerprint density at radius 3 is 2.59 bits per heavy atom. The number of nitrogens with one attached hydrogen (secondary N) is 1. The molecule has 0 saturated heterocycles. The highest BCUT2D eigenvalue weighted by atomic mass is 32.1. The topological polar surface area (TPSA) is 72.5 Å². The third-order valence-electron chi connectivity index (χ3n) is 4.58. The van der Waals surface area contributed by atoms with E-state index < -0.39 is 5.97 Å². The summed E-state index contributed by atoms with van der Waals surface area (Å²) in [7, 11) is 0. The summed E-state index contributed by atoms with van der Waals surface area (Å²) < 4.78 is 5.24. The number of carbonyl (C=O) groups is 3. The Hall–Kier alpha value is -2.47. The van der Waals surface area contributed by atoms with Crippen LogP contribution < -0.4 is 5.32 Å². The number of benzene rings is 1. The zero-order valence-electron chi connectivity index (χ0n) is 15.4. The molecule has 27 heavy (non-hydrogen) atoms. The minimum Gasteiger partial charge on any atom is -0.454 e. The second-order valence-electron chi connectivity index (χ2n) is 6.63. The average molecular weight is 385 g/mol. The van der Waals surface area contributed by atoms with Gasteiger partial charge in [-0.3, -0.25) is 9.59 Å². The number of aryl methyl sites for hydroxylation is 1. The Balaban J connectivity index is 1.55. The van der Waals surface area contributed by atoms with E-state index in [2.05, 4.69) is 5.32 Å². The van der Waals surface area contributed by atoms with Gasteiger partial charge < -0.3 is 10.1 Å². The van der Waals surface area contributed by atoms with E-state index in [-0.39, 0.29) is 18.3 Å². The average Bonchev–Trinajstić information content (AvgIpc) is 3.11. The Morgan fingerprint density at radius 1 is 1.11 bits per heavy atom. The number of esters is 1. The maximum absolute atomic E-state index is 12.3. The van der Waals surface area contributed by atoms with E-state index in [0.717, 1.165) is 37.7 Å². The summed E-state index contributed by atoms with van der Waals surface area (Å²) >= 11 is 1.60. The Labute approximate surface area is 162 Å². The predicted octanol–water partition coefficient (Wildman–Crippen LogP) is 4.41. The molecule has 142 valence electrons. The summed E-state index contributed by atoms with van der Waals surface area (Å²) in [6, 6.07) is 6.62. The number of hydrogen-bond donors (Lipinski definition) is 1. The van der Waals surface area contributed by atoms with Gasteiger partial charge in [0.15, 0.2) is 12.4 Å². The number of hydrogen-bond acceptors (Lipinski definition) is 5. The number of rotatable bonds is 7. The largest absolute Gasteiger partial charge is 0.454 e. The van der Waals surface area contributed by atoms with Crippen LogP contribution in [0.4, 0.5) is 5.69 Å². The first-order valence-electron chi connectivity index (χ1n) is 9.28. The maximum Gasteiger partial charge on any atom is 0.339 e. The molecule has 1 aromatic carbocycles. The van der Waals surface area contributed by atoms with Crippen molar-refractivity contribution in [2.45, 2.75) is 45.4 Å². The van der Waals surface area contributed by atoms with E-state index in [0.29, 0.717) is 23.2 Å². The predicted molar refractivity (Wildman–Crippen MR) is 106 cm³/mol. The molecule has 0 aliphatic heterocycles. The van der Waals surface area contributed by atoms with Crippen LogP contribution in [0.5, 0.6) is 0 Å². The fourth-order valence-corrected chi connectivity index (χ4v) is 4.26. The van der Waals surface area contributed by atoms with Gasteiger partial charge in [-0.05, 0) is 61.9 Å². The highest BCUT2D eigenvalue weighted by molar-refractivity contribution is 7.10. The van der Waals surface area contributed by atoms with Gasteiger partial charge in [-0.2, -0.15) is 0 Å². The third-order valence-corrected chi connectivity index (χ3v) is 5.67. The number of fused-ring (bicyclic) bond motifs is 1. The smallest absolute Gasteiger partial charge is 0.339 e. The Morgan fingerprint density at radius 2 is 1.85 bits per heavy atom. The van der Waals surface area contributed by atoms with Gasteiger partial charge in [0.05, 0.1) is 5.56 Å². The van der Waals surface area contributed by atoms with Crippen LogP contribution in [0.2, 0.25) is 0 Å². The lowest BCUT2D eigenvalue weighted by Gasteiger charge is -2.12. The first kappa shape index (κ1) is 19.3. The van der Waals surface area contributed by atoms with Crippen LogP contribution in [0.15, 0.2) is 29.6 Å². The minimum atomic E-state index is -0.425. The Bertz CT molecular complexity index is 838. The number of Topliss-reactive ketones (excluding diaryl/α,β-unsaturated/α-hetero) is 1. The third kappa shape index (κ3) is 4.83. The van der Waals surface area contributed by atoms with E-state index >= 15 is 0 Å². The summed E-state index contributed by atoms with van der Waals surface area (Å²) in [5.41, 5.74) is 2.79. The fourth-order valence-electron chi connectivity index (χ4n) is 3.15. The van der Waals surface area contributed by atoms with E-state index in [4.69, 9.17) is 4.74 Å². The zero-order chi connectivity index (χ0) is 19.2. The number of thiophene rings is 1. The molecular weight excluding hydrogens is 362 g/mol. The molecule has 1 heterocycles. The lowest BCUT2D eigenvalue weighted by Crippen LogP contribution is -2.16. The number of amides is 1. The monoisotopic (exact) mass is 385 g/mol. The lowest BCUT2D eigenvalue weighted by atomic mass is 9.96. The molecule has 0 spiro atoms. The molecule has 1 aromatic heterocycles. The molecule has 1 aliphatic carbocycles. The summed E-state index contributed by atoms with van der Waals surface area (Å²) in [5.74, 6) is -0.741. The standard InChI is InChI=1S/C21H23NO4S/c1-2-5-20(24)22-15-10-8-14(9-11-15)18(23)12-26-21(25)17-13-27-19-7-4-3-6-16(17)19/h8-11,13H,2-7,12H2,1H3,(H,22,24).